The lowest BCUT2D eigenvalue weighted by molar-refractivity contribution is -0.111. The molecule has 0 radical (unpaired) electrons. The zero-order chi connectivity index (χ0) is 29.5. The van der Waals surface area contributed by atoms with Crippen molar-refractivity contribution in [1.29, 1.82) is 5.41 Å². The Labute approximate surface area is 247 Å². The Morgan fingerprint density at radius 2 is 1.81 bits per heavy atom. The van der Waals surface area contributed by atoms with Crippen LogP contribution in [0.2, 0.25) is 0 Å². The van der Waals surface area contributed by atoms with E-state index < -0.39 is 0 Å². The minimum absolute atomic E-state index is 0.275. The summed E-state index contributed by atoms with van der Waals surface area (Å²) in [5.41, 5.74) is 5.52. The normalized spacial score (nSPS) is 16.0. The van der Waals surface area contributed by atoms with Crippen LogP contribution in [0.25, 0.3) is 11.3 Å². The average molecular weight is 570 g/mol. The molecule has 3 aromatic rings. The number of benzene rings is 2. The van der Waals surface area contributed by atoms with Crippen LogP contribution in [0.4, 0.5) is 28.6 Å². The van der Waals surface area contributed by atoms with E-state index in [0.717, 1.165) is 86.1 Å². The smallest absolute Gasteiger partial charge is 0.247 e. The number of anilines is 5. The van der Waals surface area contributed by atoms with Gasteiger partial charge in [0.25, 0.3) is 0 Å². The lowest BCUT2D eigenvalue weighted by atomic mass is 9.80. The molecule has 220 valence electrons. The van der Waals surface area contributed by atoms with Crippen molar-refractivity contribution in [3.63, 3.8) is 0 Å². The number of nitrogens with zero attached hydrogens (tertiary/aromatic N) is 3. The standard InChI is InChI=1S/C32H39N7O3/c1-4-32(40)38-27-16-28(37-31-17-26(35-20-36-31)23-5-6-24(19-33)25(15-23)34-2)30(41-3)18-29(27)39-11-7-21(8-12-39)22-9-13-42-14-10-22/h4-6,15-22,33-34H,1,7-14H2,2-3H3,(H,38,40)(H,35,36,37). The second-order valence-corrected chi connectivity index (χ2v) is 10.6. The van der Waals surface area contributed by atoms with E-state index in [-0.39, 0.29) is 5.91 Å². The number of aromatic nitrogens is 2. The molecule has 2 aliphatic rings. The van der Waals surface area contributed by atoms with Crippen molar-refractivity contribution < 1.29 is 14.3 Å². The Bertz CT molecular complexity index is 1430. The number of methoxy groups -OCH3 is 1. The monoisotopic (exact) mass is 569 g/mol. The van der Waals surface area contributed by atoms with Gasteiger partial charge in [0.05, 0.1) is 29.9 Å². The van der Waals surface area contributed by atoms with Crippen LogP contribution in [-0.2, 0) is 9.53 Å². The molecule has 3 heterocycles. The third-order valence-electron chi connectivity index (χ3n) is 8.28. The van der Waals surface area contributed by atoms with Crippen LogP contribution in [0.5, 0.6) is 5.75 Å². The summed E-state index contributed by atoms with van der Waals surface area (Å²) in [5, 5.41) is 17.1. The first kappa shape index (κ1) is 29.1. The second-order valence-electron chi connectivity index (χ2n) is 10.6. The topological polar surface area (TPSA) is 124 Å². The summed E-state index contributed by atoms with van der Waals surface area (Å²) in [6.45, 7) is 7.20. The maximum Gasteiger partial charge on any atom is 0.247 e. The zero-order valence-corrected chi connectivity index (χ0v) is 24.3. The Kier molecular flexibility index (Phi) is 9.33. The van der Waals surface area contributed by atoms with Gasteiger partial charge in [0.2, 0.25) is 5.91 Å². The summed E-state index contributed by atoms with van der Waals surface area (Å²) < 4.78 is 11.4. The Morgan fingerprint density at radius 3 is 2.50 bits per heavy atom. The van der Waals surface area contributed by atoms with Crippen molar-refractivity contribution in [3.8, 4) is 17.0 Å². The average Bonchev–Trinajstić information content (AvgIpc) is 3.05. The van der Waals surface area contributed by atoms with Crippen molar-refractivity contribution in [2.75, 3.05) is 61.3 Å². The summed E-state index contributed by atoms with van der Waals surface area (Å²) >= 11 is 0. The number of amides is 1. The minimum atomic E-state index is -0.275. The number of hydrogen-bond donors (Lipinski definition) is 4. The molecule has 0 atom stereocenters. The number of ether oxygens (including phenoxy) is 2. The molecule has 4 N–H and O–H groups in total. The SMILES string of the molecule is C=CC(=O)Nc1cc(Nc2cc(-c3ccc(C=N)c(NC)c3)ncn2)c(OC)cc1N1CCC(C2CCOCC2)CC1. The van der Waals surface area contributed by atoms with Gasteiger partial charge < -0.3 is 35.7 Å². The molecule has 0 bridgehead atoms. The van der Waals surface area contributed by atoms with E-state index in [0.29, 0.717) is 28.9 Å². The predicted molar refractivity (Wildman–Crippen MR) is 168 cm³/mol. The van der Waals surface area contributed by atoms with Crippen LogP contribution >= 0.6 is 0 Å². The van der Waals surface area contributed by atoms with Gasteiger partial charge in [-0.2, -0.15) is 0 Å². The molecular weight excluding hydrogens is 530 g/mol. The molecular formula is C32H39N7O3. The number of rotatable bonds is 10. The van der Waals surface area contributed by atoms with E-state index in [2.05, 4.69) is 37.4 Å². The van der Waals surface area contributed by atoms with Crippen LogP contribution in [-0.4, -0.2) is 62.6 Å². The molecule has 0 saturated carbocycles. The van der Waals surface area contributed by atoms with Crippen molar-refractivity contribution in [1.82, 2.24) is 9.97 Å². The fourth-order valence-electron chi connectivity index (χ4n) is 5.96. The maximum absolute atomic E-state index is 12.4. The molecule has 1 aromatic heterocycles. The van der Waals surface area contributed by atoms with Crippen molar-refractivity contribution in [3.05, 3.63) is 60.9 Å². The van der Waals surface area contributed by atoms with Crippen molar-refractivity contribution in [2.24, 2.45) is 11.8 Å². The van der Waals surface area contributed by atoms with Gasteiger partial charge in [0.15, 0.2) is 0 Å². The molecule has 10 nitrogen and oxygen atoms in total. The summed E-state index contributed by atoms with van der Waals surface area (Å²) in [6, 6.07) is 11.5. The van der Waals surface area contributed by atoms with E-state index in [1.54, 1.807) is 7.11 Å². The number of nitrogens with one attached hydrogen (secondary N) is 4. The van der Waals surface area contributed by atoms with Crippen molar-refractivity contribution >= 4 is 40.7 Å². The van der Waals surface area contributed by atoms with E-state index in [1.807, 2.05) is 43.4 Å². The van der Waals surface area contributed by atoms with Gasteiger partial charge in [-0.05, 0) is 55.7 Å². The molecule has 0 aliphatic carbocycles. The molecule has 0 spiro atoms. The van der Waals surface area contributed by atoms with Crippen LogP contribution in [0, 0.1) is 17.2 Å². The number of carbonyl (C=O) groups is 1. The quantitative estimate of drug-likeness (QED) is 0.181. The van der Waals surface area contributed by atoms with Crippen LogP contribution < -0.4 is 25.6 Å². The van der Waals surface area contributed by atoms with Crippen LogP contribution in [0.15, 0.2) is 55.4 Å². The zero-order valence-electron chi connectivity index (χ0n) is 24.3. The highest BCUT2D eigenvalue weighted by Gasteiger charge is 2.29. The van der Waals surface area contributed by atoms with E-state index in [9.17, 15) is 4.79 Å². The highest BCUT2D eigenvalue weighted by Crippen LogP contribution is 2.41. The summed E-state index contributed by atoms with van der Waals surface area (Å²) in [4.78, 5) is 23.7. The third kappa shape index (κ3) is 6.54. The van der Waals surface area contributed by atoms with Crippen molar-refractivity contribution in [2.45, 2.75) is 25.7 Å². The highest BCUT2D eigenvalue weighted by molar-refractivity contribution is 6.02. The Balaban J connectivity index is 1.40. The third-order valence-corrected chi connectivity index (χ3v) is 8.28. The van der Waals surface area contributed by atoms with Gasteiger partial charge in [-0.3, -0.25) is 4.79 Å². The molecule has 2 fully saturated rings. The van der Waals surface area contributed by atoms with Gasteiger partial charge in [-0.25, -0.2) is 9.97 Å². The number of carbonyl (C=O) groups excluding carboxylic acids is 1. The molecule has 2 saturated heterocycles. The van der Waals surface area contributed by atoms with E-state index in [4.69, 9.17) is 14.9 Å². The maximum atomic E-state index is 12.4. The minimum Gasteiger partial charge on any atom is -0.494 e. The molecule has 10 heteroatoms. The number of hydrogen-bond acceptors (Lipinski definition) is 9. The molecule has 2 aliphatic heterocycles. The summed E-state index contributed by atoms with van der Waals surface area (Å²) in [7, 11) is 3.46. The predicted octanol–water partition coefficient (Wildman–Crippen LogP) is 5.70. The Morgan fingerprint density at radius 1 is 1.05 bits per heavy atom. The fourth-order valence-corrected chi connectivity index (χ4v) is 5.96. The van der Waals surface area contributed by atoms with Crippen LogP contribution in [0.1, 0.15) is 31.2 Å². The molecule has 5 rings (SSSR count). The van der Waals surface area contributed by atoms with E-state index in [1.165, 1.54) is 18.6 Å². The Hall–Kier alpha value is -4.44. The molecule has 0 unspecified atom stereocenters. The first-order valence-corrected chi connectivity index (χ1v) is 14.4. The molecule has 42 heavy (non-hydrogen) atoms. The van der Waals surface area contributed by atoms with Gasteiger partial charge in [-0.1, -0.05) is 18.7 Å². The number of piperidine rings is 1. The fraction of sp³-hybridized carbons (Fsp3) is 0.375. The van der Waals surface area contributed by atoms with Gasteiger partial charge in [0, 0.05) is 68.5 Å². The summed E-state index contributed by atoms with van der Waals surface area (Å²) in [6.07, 6.45) is 8.62. The lowest BCUT2D eigenvalue weighted by Crippen LogP contribution is -2.38. The second kappa shape index (κ2) is 13.5. The largest absolute Gasteiger partial charge is 0.494 e. The highest BCUT2D eigenvalue weighted by atomic mass is 16.5. The first-order chi connectivity index (χ1) is 20.5. The first-order valence-electron chi connectivity index (χ1n) is 14.4. The van der Waals surface area contributed by atoms with E-state index >= 15 is 0 Å². The lowest BCUT2D eigenvalue weighted by Gasteiger charge is -2.39. The van der Waals surface area contributed by atoms with Gasteiger partial charge in [-0.15, -0.1) is 0 Å². The van der Waals surface area contributed by atoms with Gasteiger partial charge in [0.1, 0.15) is 17.9 Å². The molecule has 1 amide bonds. The molecule has 2 aromatic carbocycles. The summed E-state index contributed by atoms with van der Waals surface area (Å²) in [5.74, 6) is 2.38. The van der Waals surface area contributed by atoms with Crippen LogP contribution in [0.3, 0.4) is 0 Å². The van der Waals surface area contributed by atoms with Gasteiger partial charge >= 0.3 is 0 Å².